The third-order valence-corrected chi connectivity index (χ3v) is 3.29. The molecule has 1 saturated carbocycles. The van der Waals surface area contributed by atoms with E-state index in [1.165, 1.54) is 18.4 Å². The number of rotatable bonds is 1. The smallest absolute Gasteiger partial charge is 0.475 e. The number of nitrogens with one attached hydrogen (secondary N) is 1. The van der Waals surface area contributed by atoms with Crippen molar-refractivity contribution in [3.63, 3.8) is 0 Å². The number of nitrogens with zero attached hydrogens (tertiary/aromatic N) is 2. The van der Waals surface area contributed by atoms with Crippen molar-refractivity contribution in [2.24, 2.45) is 0 Å². The zero-order valence-electron chi connectivity index (χ0n) is 12.7. The Balaban J connectivity index is 0.000000256. The maximum atomic E-state index is 10.6. The topological polar surface area (TPSA) is 75.1 Å². The van der Waals surface area contributed by atoms with E-state index in [1.807, 2.05) is 12.4 Å². The van der Waals surface area contributed by atoms with Gasteiger partial charge in [0.2, 0.25) is 0 Å². The summed E-state index contributed by atoms with van der Waals surface area (Å²) in [5, 5.41) is 10.4. The van der Waals surface area contributed by atoms with Gasteiger partial charge in [-0.05, 0) is 19.3 Å². The van der Waals surface area contributed by atoms with Gasteiger partial charge in [0, 0.05) is 37.0 Å². The van der Waals surface area contributed by atoms with E-state index in [2.05, 4.69) is 33.2 Å². The van der Waals surface area contributed by atoms with Crippen LogP contribution in [-0.4, -0.2) is 40.3 Å². The predicted molar refractivity (Wildman–Crippen MR) is 80.1 cm³/mol. The van der Waals surface area contributed by atoms with Gasteiger partial charge in [-0.3, -0.25) is 0 Å². The first kappa shape index (κ1) is 17.9. The molecule has 1 aromatic heterocycles. The molecule has 0 radical (unpaired) electrons. The Hall–Kier alpha value is -2.40. The van der Waals surface area contributed by atoms with E-state index < -0.39 is 12.1 Å². The molecule has 0 bridgehead atoms. The van der Waals surface area contributed by atoms with Crippen LogP contribution in [-0.2, 0) is 4.79 Å². The van der Waals surface area contributed by atoms with Gasteiger partial charge in [-0.15, -0.1) is 0 Å². The van der Waals surface area contributed by atoms with E-state index in [0.29, 0.717) is 5.92 Å². The van der Waals surface area contributed by atoms with Crippen LogP contribution < -0.4 is 5.32 Å². The Kier molecular flexibility index (Phi) is 5.93. The van der Waals surface area contributed by atoms with Crippen LogP contribution in [0.4, 0.5) is 13.2 Å². The largest absolute Gasteiger partial charge is 0.490 e. The number of carboxylic acids is 1. The van der Waals surface area contributed by atoms with Gasteiger partial charge in [0.05, 0.1) is 5.56 Å². The van der Waals surface area contributed by atoms with Crippen molar-refractivity contribution in [3.8, 4) is 11.8 Å². The molecule has 0 atom stereocenters. The summed E-state index contributed by atoms with van der Waals surface area (Å²) in [4.78, 5) is 17.6. The van der Waals surface area contributed by atoms with Gasteiger partial charge in [0.1, 0.15) is 5.82 Å². The van der Waals surface area contributed by atoms with Crippen molar-refractivity contribution in [1.29, 1.82) is 0 Å². The molecule has 0 amide bonds. The third kappa shape index (κ3) is 6.01. The Morgan fingerprint density at radius 3 is 2.33 bits per heavy atom. The second kappa shape index (κ2) is 7.93. The lowest BCUT2D eigenvalue weighted by atomic mass is 10.1. The van der Waals surface area contributed by atoms with E-state index in [1.54, 1.807) is 0 Å². The van der Waals surface area contributed by atoms with Gasteiger partial charge in [-0.2, -0.15) is 13.2 Å². The molecule has 8 heteroatoms. The number of aliphatic carboxylic acids is 1. The maximum absolute atomic E-state index is 10.6. The lowest BCUT2D eigenvalue weighted by molar-refractivity contribution is -0.192. The van der Waals surface area contributed by atoms with Crippen LogP contribution in [0.3, 0.4) is 0 Å². The molecule has 3 rings (SSSR count). The summed E-state index contributed by atoms with van der Waals surface area (Å²) in [7, 11) is 0. The van der Waals surface area contributed by atoms with Crippen LogP contribution in [0.2, 0.25) is 0 Å². The summed E-state index contributed by atoms with van der Waals surface area (Å²) in [5.74, 6) is 5.16. The van der Waals surface area contributed by atoms with E-state index in [9.17, 15) is 13.2 Å². The summed E-state index contributed by atoms with van der Waals surface area (Å²) in [6, 6.07) is 0. The summed E-state index contributed by atoms with van der Waals surface area (Å²) >= 11 is 0. The Bertz CT molecular complexity index is 669. The van der Waals surface area contributed by atoms with Crippen LogP contribution in [0.5, 0.6) is 0 Å². The fraction of sp³-hybridized carbons (Fsp3) is 0.438. The zero-order chi connectivity index (χ0) is 17.6. The number of hydrogen-bond acceptors (Lipinski definition) is 4. The zero-order valence-corrected chi connectivity index (χ0v) is 12.7. The van der Waals surface area contributed by atoms with Crippen molar-refractivity contribution in [1.82, 2.24) is 15.3 Å². The van der Waals surface area contributed by atoms with Gasteiger partial charge in [-0.1, -0.05) is 17.9 Å². The molecule has 2 heterocycles. The molecule has 2 N–H and O–H groups in total. The fourth-order valence-corrected chi connectivity index (χ4v) is 1.84. The lowest BCUT2D eigenvalue weighted by Crippen LogP contribution is -2.21. The van der Waals surface area contributed by atoms with E-state index in [0.717, 1.165) is 30.9 Å². The van der Waals surface area contributed by atoms with Crippen LogP contribution >= 0.6 is 0 Å². The Morgan fingerprint density at radius 1 is 1.25 bits per heavy atom. The van der Waals surface area contributed by atoms with Gasteiger partial charge in [0.15, 0.2) is 0 Å². The standard InChI is InChI=1S/C14H15N3.C2HF3O2/c1(11-5-7-15-8-6-11)2-12-9-16-14(17-10-12)13-3-4-13;3-2(4,5)1(6)7/h5,9-10,13,15H,3-4,6-8H2;(H,6,7). The van der Waals surface area contributed by atoms with Crippen LogP contribution in [0.25, 0.3) is 0 Å². The number of halogens is 3. The molecule has 0 saturated heterocycles. The molecular formula is C16H16F3N3O2. The number of hydrogen-bond donors (Lipinski definition) is 2. The highest BCUT2D eigenvalue weighted by molar-refractivity contribution is 5.73. The molecule has 24 heavy (non-hydrogen) atoms. The molecule has 1 fully saturated rings. The highest BCUT2D eigenvalue weighted by atomic mass is 19.4. The SMILES string of the molecule is C(#Cc1cnc(C2CC2)nc1)C1=CCNCC1.O=C(O)C(F)(F)F. The van der Waals surface area contributed by atoms with Crippen LogP contribution in [0.1, 0.15) is 36.6 Å². The molecule has 1 aliphatic carbocycles. The van der Waals surface area contributed by atoms with E-state index in [-0.39, 0.29) is 0 Å². The molecule has 5 nitrogen and oxygen atoms in total. The second-order valence-electron chi connectivity index (χ2n) is 5.34. The van der Waals surface area contributed by atoms with Gasteiger partial charge < -0.3 is 10.4 Å². The molecule has 0 aromatic carbocycles. The average molecular weight is 339 g/mol. The fourth-order valence-electron chi connectivity index (χ4n) is 1.84. The normalized spacial score (nSPS) is 16.9. The first-order valence-corrected chi connectivity index (χ1v) is 7.40. The summed E-state index contributed by atoms with van der Waals surface area (Å²) in [6.07, 6.45) is 4.25. The number of aromatic nitrogens is 2. The third-order valence-electron chi connectivity index (χ3n) is 3.29. The number of alkyl halides is 3. The van der Waals surface area contributed by atoms with E-state index >= 15 is 0 Å². The summed E-state index contributed by atoms with van der Waals surface area (Å²) in [5.41, 5.74) is 2.13. The van der Waals surface area contributed by atoms with Crippen molar-refractivity contribution in [2.45, 2.75) is 31.4 Å². The monoisotopic (exact) mass is 339 g/mol. The average Bonchev–Trinajstić information content (AvgIpc) is 3.39. The highest BCUT2D eigenvalue weighted by Gasteiger charge is 2.38. The van der Waals surface area contributed by atoms with E-state index in [4.69, 9.17) is 9.90 Å². The first-order valence-electron chi connectivity index (χ1n) is 7.40. The van der Waals surface area contributed by atoms with Crippen molar-refractivity contribution >= 4 is 5.97 Å². The molecule has 0 spiro atoms. The Morgan fingerprint density at radius 2 is 1.88 bits per heavy atom. The molecule has 0 unspecified atom stereocenters. The van der Waals surface area contributed by atoms with Gasteiger partial charge in [0.25, 0.3) is 0 Å². The number of carbonyl (C=O) groups is 1. The van der Waals surface area contributed by atoms with Crippen molar-refractivity contribution in [2.75, 3.05) is 13.1 Å². The second-order valence-corrected chi connectivity index (χ2v) is 5.34. The molecule has 2 aliphatic rings. The predicted octanol–water partition coefficient (Wildman–Crippen LogP) is 2.26. The molecule has 128 valence electrons. The first-order chi connectivity index (χ1) is 11.4. The Labute approximate surface area is 137 Å². The minimum atomic E-state index is -5.08. The number of carboxylic acid groups (broad SMARTS) is 1. The maximum Gasteiger partial charge on any atom is 0.490 e. The summed E-state index contributed by atoms with van der Waals surface area (Å²) in [6.45, 7) is 1.96. The van der Waals surface area contributed by atoms with Crippen molar-refractivity contribution in [3.05, 3.63) is 35.4 Å². The van der Waals surface area contributed by atoms with Crippen molar-refractivity contribution < 1.29 is 23.1 Å². The van der Waals surface area contributed by atoms with Crippen LogP contribution in [0, 0.1) is 11.8 Å². The molecular weight excluding hydrogens is 323 g/mol. The minimum absolute atomic E-state index is 0.615. The highest BCUT2D eigenvalue weighted by Crippen LogP contribution is 2.37. The summed E-state index contributed by atoms with van der Waals surface area (Å²) < 4.78 is 31.7. The van der Waals surface area contributed by atoms with Crippen LogP contribution in [0.15, 0.2) is 24.0 Å². The van der Waals surface area contributed by atoms with Gasteiger partial charge in [-0.25, -0.2) is 14.8 Å². The minimum Gasteiger partial charge on any atom is -0.475 e. The quantitative estimate of drug-likeness (QED) is 0.768. The van der Waals surface area contributed by atoms with Gasteiger partial charge >= 0.3 is 12.1 Å². The molecule has 1 aliphatic heterocycles. The lowest BCUT2D eigenvalue weighted by Gasteiger charge is -2.07. The molecule has 1 aromatic rings.